The van der Waals surface area contributed by atoms with Crippen molar-refractivity contribution >= 4 is 44.6 Å². The van der Waals surface area contributed by atoms with Gasteiger partial charge in [-0.2, -0.15) is 0 Å². The average molecular weight is 350 g/mol. The highest BCUT2D eigenvalue weighted by Gasteiger charge is 2.23. The van der Waals surface area contributed by atoms with Crippen LogP contribution in [0.25, 0.3) is 0 Å². The summed E-state index contributed by atoms with van der Waals surface area (Å²) < 4.78 is 40.6. The molecule has 3 N–H and O–H groups in total. The van der Waals surface area contributed by atoms with Gasteiger partial charge in [0.05, 0.1) is 16.4 Å². The monoisotopic (exact) mass is 349 g/mol. The Balaban J connectivity index is 2.48. The molecule has 9 heteroatoms. The number of hydrogen-bond acceptors (Lipinski definition) is 4. The zero-order chi connectivity index (χ0) is 15.8. The maximum atomic E-state index is 13.9. The van der Waals surface area contributed by atoms with Crippen molar-refractivity contribution in [2.45, 2.75) is 11.8 Å². The van der Waals surface area contributed by atoms with Gasteiger partial charge in [-0.05, 0) is 31.2 Å². The van der Waals surface area contributed by atoms with Crippen LogP contribution in [0.2, 0.25) is 10.2 Å². The lowest BCUT2D eigenvalue weighted by molar-refractivity contribution is 0.571. The number of nitrogens with two attached hydrogens (primary N) is 1. The zero-order valence-corrected chi connectivity index (χ0v) is 13.0. The summed E-state index contributed by atoms with van der Waals surface area (Å²) in [6, 6.07) is 4.95. The summed E-state index contributed by atoms with van der Waals surface area (Å²) in [6.07, 6.45) is 0. The smallest absolute Gasteiger partial charge is 0.265 e. The van der Waals surface area contributed by atoms with Gasteiger partial charge in [-0.3, -0.25) is 4.72 Å². The van der Waals surface area contributed by atoms with E-state index in [9.17, 15) is 12.8 Å². The number of nitrogen functional groups attached to an aromatic ring is 1. The molecule has 112 valence electrons. The fourth-order valence-corrected chi connectivity index (χ4v) is 3.34. The van der Waals surface area contributed by atoms with E-state index in [1.807, 2.05) is 0 Å². The summed E-state index contributed by atoms with van der Waals surface area (Å²) in [6.45, 7) is 1.56. The normalized spacial score (nSPS) is 11.4. The molecule has 0 bridgehead atoms. The number of aryl methyl sites for hydroxylation is 1. The largest absolute Gasteiger partial charge is 0.399 e. The van der Waals surface area contributed by atoms with Crippen molar-refractivity contribution in [1.82, 2.24) is 4.98 Å². The molecule has 0 spiro atoms. The maximum absolute atomic E-state index is 13.9. The third kappa shape index (κ3) is 3.37. The van der Waals surface area contributed by atoms with Crippen LogP contribution in [0.15, 0.2) is 29.2 Å². The van der Waals surface area contributed by atoms with Gasteiger partial charge in [0.2, 0.25) is 0 Å². The van der Waals surface area contributed by atoms with Gasteiger partial charge >= 0.3 is 0 Å². The molecule has 0 unspecified atom stereocenters. The van der Waals surface area contributed by atoms with E-state index in [2.05, 4.69) is 9.71 Å². The topological polar surface area (TPSA) is 85.1 Å². The van der Waals surface area contributed by atoms with Gasteiger partial charge in [-0.1, -0.05) is 23.2 Å². The van der Waals surface area contributed by atoms with E-state index in [-0.39, 0.29) is 21.6 Å². The molecule has 0 aliphatic carbocycles. The highest BCUT2D eigenvalue weighted by molar-refractivity contribution is 7.92. The Morgan fingerprint density at radius 1 is 1.29 bits per heavy atom. The van der Waals surface area contributed by atoms with Gasteiger partial charge in [0.1, 0.15) is 10.0 Å². The Morgan fingerprint density at radius 3 is 2.57 bits per heavy atom. The van der Waals surface area contributed by atoms with Crippen molar-refractivity contribution in [1.29, 1.82) is 0 Å². The summed E-state index contributed by atoms with van der Waals surface area (Å²) >= 11 is 11.3. The van der Waals surface area contributed by atoms with Crippen LogP contribution in [0.4, 0.5) is 15.8 Å². The van der Waals surface area contributed by atoms with Crippen molar-refractivity contribution in [2.75, 3.05) is 10.5 Å². The number of sulfonamides is 1. The molecular formula is C12H10Cl2FN3O2S. The van der Waals surface area contributed by atoms with Crippen LogP contribution in [0, 0.1) is 12.7 Å². The molecule has 0 amide bonds. The average Bonchev–Trinajstić information content (AvgIpc) is 2.37. The van der Waals surface area contributed by atoms with Crippen LogP contribution in [0.1, 0.15) is 5.69 Å². The fraction of sp³-hybridized carbons (Fsp3) is 0.0833. The summed E-state index contributed by atoms with van der Waals surface area (Å²) in [5, 5.41) is -0.157. The summed E-state index contributed by atoms with van der Waals surface area (Å²) in [7, 11) is -4.20. The number of anilines is 2. The van der Waals surface area contributed by atoms with Crippen molar-refractivity contribution in [3.8, 4) is 0 Å². The first-order valence-electron chi connectivity index (χ1n) is 5.61. The Morgan fingerprint density at radius 2 is 1.95 bits per heavy atom. The number of benzene rings is 1. The lowest BCUT2D eigenvalue weighted by atomic mass is 10.3. The summed E-state index contributed by atoms with van der Waals surface area (Å²) in [4.78, 5) is 3.27. The second-order valence-corrected chi connectivity index (χ2v) is 6.63. The minimum absolute atomic E-state index is 0.0349. The number of hydrogen-bond donors (Lipinski definition) is 2. The summed E-state index contributed by atoms with van der Waals surface area (Å²) in [5.74, 6) is -1.07. The van der Waals surface area contributed by atoms with E-state index in [4.69, 9.17) is 28.9 Å². The van der Waals surface area contributed by atoms with Crippen LogP contribution in [-0.4, -0.2) is 13.4 Å². The van der Waals surface area contributed by atoms with Crippen LogP contribution >= 0.6 is 23.2 Å². The Bertz CT molecular complexity index is 812. The highest BCUT2D eigenvalue weighted by Crippen LogP contribution is 2.28. The number of pyridine rings is 1. The molecule has 1 aromatic heterocycles. The Hall–Kier alpha value is -1.57. The predicted molar refractivity (Wildman–Crippen MR) is 80.6 cm³/mol. The van der Waals surface area contributed by atoms with Crippen LogP contribution in [-0.2, 0) is 10.0 Å². The second kappa shape index (κ2) is 5.67. The number of nitrogens with one attached hydrogen (secondary N) is 1. The fourth-order valence-electron chi connectivity index (χ4n) is 1.62. The molecule has 1 heterocycles. The molecule has 0 fully saturated rings. The predicted octanol–water partition coefficient (Wildman–Crippen LogP) is 3.22. The molecule has 2 aromatic rings. The highest BCUT2D eigenvalue weighted by atomic mass is 35.5. The molecule has 0 saturated heterocycles. The molecule has 0 radical (unpaired) electrons. The van der Waals surface area contributed by atoms with Gasteiger partial charge in [-0.15, -0.1) is 0 Å². The van der Waals surface area contributed by atoms with E-state index < -0.39 is 20.7 Å². The lowest BCUT2D eigenvalue weighted by Gasteiger charge is -2.12. The molecular weight excluding hydrogens is 340 g/mol. The van der Waals surface area contributed by atoms with Gasteiger partial charge in [0, 0.05) is 5.69 Å². The molecule has 5 nitrogen and oxygen atoms in total. The minimum atomic E-state index is -4.20. The standard InChI is InChI=1S/C12H10Cl2FN3O2S/c1-6-9(2-3-11(14)17-6)18-21(19,20)10-5-7(16)4-8(13)12(10)15/h2-5,18H,16H2,1H3. The third-order valence-electron chi connectivity index (χ3n) is 2.60. The van der Waals surface area contributed by atoms with Crippen molar-refractivity contribution in [3.63, 3.8) is 0 Å². The van der Waals surface area contributed by atoms with Gasteiger partial charge in [-0.25, -0.2) is 17.8 Å². The maximum Gasteiger partial charge on any atom is 0.265 e. The van der Waals surface area contributed by atoms with Crippen molar-refractivity contribution in [2.24, 2.45) is 0 Å². The number of halogens is 3. The molecule has 0 atom stereocenters. The molecule has 0 aliphatic heterocycles. The van der Waals surface area contributed by atoms with E-state index in [1.165, 1.54) is 12.1 Å². The van der Waals surface area contributed by atoms with Crippen molar-refractivity contribution in [3.05, 3.63) is 46.0 Å². The minimum Gasteiger partial charge on any atom is -0.399 e. The third-order valence-corrected chi connectivity index (χ3v) is 4.45. The number of rotatable bonds is 3. The Labute approximate surface area is 130 Å². The quantitative estimate of drug-likeness (QED) is 0.658. The van der Waals surface area contributed by atoms with Gasteiger partial charge < -0.3 is 5.73 Å². The van der Waals surface area contributed by atoms with E-state index in [0.29, 0.717) is 5.69 Å². The first-order valence-corrected chi connectivity index (χ1v) is 7.85. The first kappa shape index (κ1) is 15.8. The molecule has 1 aromatic carbocycles. The first-order chi connectivity index (χ1) is 9.70. The number of nitrogens with zero attached hydrogens (tertiary/aromatic N) is 1. The van der Waals surface area contributed by atoms with Gasteiger partial charge in [0.15, 0.2) is 5.82 Å². The van der Waals surface area contributed by atoms with Crippen LogP contribution < -0.4 is 10.5 Å². The zero-order valence-electron chi connectivity index (χ0n) is 10.7. The molecule has 0 aliphatic rings. The van der Waals surface area contributed by atoms with Gasteiger partial charge in [0.25, 0.3) is 10.0 Å². The van der Waals surface area contributed by atoms with E-state index >= 15 is 0 Å². The number of aromatic nitrogens is 1. The molecule has 21 heavy (non-hydrogen) atoms. The van der Waals surface area contributed by atoms with Crippen LogP contribution in [0.5, 0.6) is 0 Å². The molecule has 2 rings (SSSR count). The second-order valence-electron chi connectivity index (χ2n) is 4.19. The Kier molecular flexibility index (Phi) is 4.27. The lowest BCUT2D eigenvalue weighted by Crippen LogP contribution is -2.16. The van der Waals surface area contributed by atoms with E-state index in [0.717, 1.165) is 12.1 Å². The van der Waals surface area contributed by atoms with E-state index in [1.54, 1.807) is 6.92 Å². The molecule has 0 saturated carbocycles. The SMILES string of the molecule is Cc1nc(Cl)ccc1NS(=O)(=O)c1cc(N)cc(Cl)c1F. The summed E-state index contributed by atoms with van der Waals surface area (Å²) in [5.41, 5.74) is 6.06. The van der Waals surface area contributed by atoms with Crippen molar-refractivity contribution < 1.29 is 12.8 Å². The van der Waals surface area contributed by atoms with Crippen LogP contribution in [0.3, 0.4) is 0 Å².